The van der Waals surface area contributed by atoms with Crippen LogP contribution in [0, 0.1) is 27.1 Å². The van der Waals surface area contributed by atoms with Crippen LogP contribution in [0.4, 0.5) is 0 Å². The summed E-state index contributed by atoms with van der Waals surface area (Å²) in [4.78, 5) is 11.0. The predicted molar refractivity (Wildman–Crippen MR) is 129 cm³/mol. The van der Waals surface area contributed by atoms with Gasteiger partial charge in [-0.2, -0.15) is 0 Å². The van der Waals surface area contributed by atoms with Crippen molar-refractivity contribution in [3.8, 4) is 11.5 Å². The third-order valence-corrected chi connectivity index (χ3v) is 7.34. The third-order valence-electron chi connectivity index (χ3n) is 3.50. The number of aliphatic carboxylic acids is 1. The smallest absolute Gasteiger partial charge is 0.306 e. The molecule has 1 N–H and O–H groups in total. The van der Waals surface area contributed by atoms with Crippen molar-refractivity contribution < 1.29 is 14.6 Å². The lowest BCUT2D eigenvalue weighted by Gasteiger charge is -2.14. The van der Waals surface area contributed by atoms with E-state index in [-0.39, 0.29) is 0 Å². The van der Waals surface area contributed by atoms with Gasteiger partial charge in [-0.1, -0.05) is 6.92 Å². The van der Waals surface area contributed by atoms with Gasteiger partial charge in [-0.25, -0.2) is 0 Å². The maximum absolute atomic E-state index is 11.0. The van der Waals surface area contributed by atoms with Crippen molar-refractivity contribution >= 4 is 96.3 Å². The maximum Gasteiger partial charge on any atom is 0.306 e. The van der Waals surface area contributed by atoms with Crippen LogP contribution in [0.2, 0.25) is 0 Å². The van der Waals surface area contributed by atoms with Gasteiger partial charge in [-0.3, -0.25) is 4.79 Å². The predicted octanol–water partition coefficient (Wildman–Crippen LogP) is 6.47. The molecule has 7 heteroatoms. The summed E-state index contributed by atoms with van der Waals surface area (Å²) >= 11 is 9.12. The zero-order chi connectivity index (χ0) is 18.0. The molecule has 0 fully saturated rings. The Labute approximate surface area is 195 Å². The summed E-state index contributed by atoms with van der Waals surface area (Å²) in [5, 5.41) is 9.08. The van der Waals surface area contributed by atoms with E-state index >= 15 is 0 Å². The van der Waals surface area contributed by atoms with Gasteiger partial charge in [0.2, 0.25) is 0 Å². The number of rotatable bonds is 5. The monoisotopic (exact) mass is 774 g/mol. The standard InChI is InChI=1S/C17H14I4O3/c1-8(17(22)23)3-10-4-14(20)16(15(21)5-10)24-11-6-12(18)9(2)13(19)7-11/h4-8H,3H2,1-2H3,(H,22,23)/t8-/m0/s1. The lowest BCUT2D eigenvalue weighted by molar-refractivity contribution is -0.141. The Morgan fingerprint density at radius 3 is 2.00 bits per heavy atom. The number of benzene rings is 2. The van der Waals surface area contributed by atoms with Crippen LogP contribution >= 0.6 is 90.4 Å². The molecule has 2 aromatic rings. The molecule has 0 aromatic heterocycles. The van der Waals surface area contributed by atoms with Crippen LogP contribution < -0.4 is 4.74 Å². The van der Waals surface area contributed by atoms with Crippen molar-refractivity contribution in [2.24, 2.45) is 5.92 Å². The molecule has 0 radical (unpaired) electrons. The molecule has 0 aliphatic carbocycles. The molecule has 0 amide bonds. The van der Waals surface area contributed by atoms with Gasteiger partial charge in [-0.15, -0.1) is 0 Å². The number of carbonyl (C=O) groups is 1. The number of hydrogen-bond donors (Lipinski definition) is 1. The Hall–Kier alpha value is 0.630. The van der Waals surface area contributed by atoms with Gasteiger partial charge < -0.3 is 9.84 Å². The molecule has 0 spiro atoms. The van der Waals surface area contributed by atoms with E-state index in [1.54, 1.807) is 6.92 Å². The molecule has 1 atom stereocenters. The van der Waals surface area contributed by atoms with Crippen molar-refractivity contribution in [2.75, 3.05) is 0 Å². The Kier molecular flexibility index (Phi) is 7.87. The number of halogens is 4. The van der Waals surface area contributed by atoms with Crippen molar-refractivity contribution in [3.63, 3.8) is 0 Å². The van der Waals surface area contributed by atoms with Crippen molar-refractivity contribution in [2.45, 2.75) is 20.3 Å². The van der Waals surface area contributed by atoms with E-state index in [0.29, 0.717) is 6.42 Å². The summed E-state index contributed by atoms with van der Waals surface area (Å²) in [6.45, 7) is 3.82. The van der Waals surface area contributed by atoms with Gasteiger partial charge >= 0.3 is 5.97 Å². The molecule has 0 bridgehead atoms. The first-order valence-corrected chi connectivity index (χ1v) is 11.3. The summed E-state index contributed by atoms with van der Waals surface area (Å²) in [7, 11) is 0. The summed E-state index contributed by atoms with van der Waals surface area (Å²) in [5.41, 5.74) is 2.27. The zero-order valence-electron chi connectivity index (χ0n) is 12.9. The highest BCUT2D eigenvalue weighted by atomic mass is 127. The molecule has 24 heavy (non-hydrogen) atoms. The van der Waals surface area contributed by atoms with Gasteiger partial charge in [0.05, 0.1) is 13.1 Å². The second-order valence-corrected chi connectivity index (χ2v) is 10.1. The lowest BCUT2D eigenvalue weighted by atomic mass is 10.0. The summed E-state index contributed by atoms with van der Waals surface area (Å²) in [6, 6.07) is 8.07. The van der Waals surface area contributed by atoms with E-state index in [2.05, 4.69) is 97.3 Å². The van der Waals surface area contributed by atoms with Gasteiger partial charge in [0, 0.05) is 7.14 Å². The average Bonchev–Trinajstić information content (AvgIpc) is 2.48. The molecule has 0 aliphatic rings. The van der Waals surface area contributed by atoms with E-state index in [4.69, 9.17) is 9.84 Å². The zero-order valence-corrected chi connectivity index (χ0v) is 21.5. The average molecular weight is 774 g/mol. The quantitative estimate of drug-likeness (QED) is 0.355. The Bertz CT molecular complexity index is 743. The normalized spacial score (nSPS) is 12.1. The maximum atomic E-state index is 11.0. The Morgan fingerprint density at radius 2 is 1.54 bits per heavy atom. The van der Waals surface area contributed by atoms with Gasteiger partial charge in [0.25, 0.3) is 0 Å². The topological polar surface area (TPSA) is 46.5 Å². The minimum atomic E-state index is -0.774. The van der Waals surface area contributed by atoms with E-state index < -0.39 is 11.9 Å². The largest absolute Gasteiger partial charge is 0.481 e. The molecule has 0 heterocycles. The van der Waals surface area contributed by atoms with E-state index in [1.165, 1.54) is 12.7 Å². The highest BCUT2D eigenvalue weighted by Crippen LogP contribution is 2.35. The minimum Gasteiger partial charge on any atom is -0.481 e. The highest BCUT2D eigenvalue weighted by Gasteiger charge is 2.16. The van der Waals surface area contributed by atoms with Gasteiger partial charge in [0.1, 0.15) is 5.75 Å². The van der Waals surface area contributed by atoms with Crippen LogP contribution in [0.5, 0.6) is 11.5 Å². The van der Waals surface area contributed by atoms with Crippen LogP contribution in [-0.2, 0) is 11.2 Å². The molecule has 2 rings (SSSR count). The van der Waals surface area contributed by atoms with Crippen LogP contribution in [0.25, 0.3) is 0 Å². The van der Waals surface area contributed by atoms with Gasteiger partial charge in [-0.05, 0) is 139 Å². The fraction of sp³-hybridized carbons (Fsp3) is 0.235. The molecule has 128 valence electrons. The summed E-state index contributed by atoms with van der Waals surface area (Å²) in [6.07, 6.45) is 0.516. The number of carboxylic acid groups (broad SMARTS) is 1. The molecule has 3 nitrogen and oxygen atoms in total. The molecular formula is C17H14I4O3. The fourth-order valence-corrected chi connectivity index (χ4v) is 5.90. The number of hydrogen-bond acceptors (Lipinski definition) is 2. The molecule has 0 saturated heterocycles. The second-order valence-electron chi connectivity index (χ2n) is 5.45. The number of carboxylic acids is 1. The van der Waals surface area contributed by atoms with E-state index in [9.17, 15) is 4.79 Å². The number of ether oxygens (including phenoxy) is 1. The van der Waals surface area contributed by atoms with Crippen LogP contribution in [-0.4, -0.2) is 11.1 Å². The SMILES string of the molecule is Cc1c(I)cc(Oc2c(I)cc(C[C@H](C)C(=O)O)cc2I)cc1I. The lowest BCUT2D eigenvalue weighted by Crippen LogP contribution is -2.12. The van der Waals surface area contributed by atoms with Crippen molar-refractivity contribution in [1.82, 2.24) is 0 Å². The Balaban J connectivity index is 2.30. The Morgan fingerprint density at radius 1 is 1.04 bits per heavy atom. The first kappa shape index (κ1) is 20.9. The van der Waals surface area contributed by atoms with E-state index in [1.807, 2.05) is 24.3 Å². The van der Waals surface area contributed by atoms with Crippen LogP contribution in [0.1, 0.15) is 18.1 Å². The summed E-state index contributed by atoms with van der Waals surface area (Å²) in [5.74, 6) is 0.461. The summed E-state index contributed by atoms with van der Waals surface area (Å²) < 4.78 is 10.4. The molecular weight excluding hydrogens is 760 g/mol. The minimum absolute atomic E-state index is 0.399. The van der Waals surface area contributed by atoms with Crippen molar-refractivity contribution in [1.29, 1.82) is 0 Å². The van der Waals surface area contributed by atoms with E-state index in [0.717, 1.165) is 24.2 Å². The fourth-order valence-electron chi connectivity index (χ4n) is 2.07. The first-order valence-electron chi connectivity index (χ1n) is 7.03. The first-order chi connectivity index (χ1) is 11.2. The molecule has 0 aliphatic heterocycles. The van der Waals surface area contributed by atoms with Crippen LogP contribution in [0.15, 0.2) is 24.3 Å². The highest BCUT2D eigenvalue weighted by molar-refractivity contribution is 14.1. The molecule has 0 unspecified atom stereocenters. The van der Waals surface area contributed by atoms with Gasteiger partial charge in [0.15, 0.2) is 5.75 Å². The van der Waals surface area contributed by atoms with Crippen LogP contribution in [0.3, 0.4) is 0 Å². The molecule has 0 saturated carbocycles. The molecule has 2 aromatic carbocycles. The second kappa shape index (κ2) is 9.02. The van der Waals surface area contributed by atoms with Crippen molar-refractivity contribution in [3.05, 3.63) is 49.7 Å². The third kappa shape index (κ3) is 5.32.